The number of hydrogen-bond donors (Lipinski definition) is 1. The van der Waals surface area contributed by atoms with Crippen molar-refractivity contribution in [3.8, 4) is 18.2 Å². The largest absolute Gasteiger partial charge is 0.399 e. The molecule has 5 nitrogen and oxygen atoms in total. The van der Waals surface area contributed by atoms with Gasteiger partial charge in [0.15, 0.2) is 17.0 Å². The maximum Gasteiger partial charge on any atom is 0.191 e. The normalized spacial score (nSPS) is 22.2. The van der Waals surface area contributed by atoms with Gasteiger partial charge >= 0.3 is 0 Å². The molecule has 1 unspecified atom stereocenters. The molecule has 2 atom stereocenters. The van der Waals surface area contributed by atoms with Crippen LogP contribution < -0.4 is 5.73 Å². The third-order valence-electron chi connectivity index (χ3n) is 6.29. The number of hydrogen-bond acceptors (Lipinski definition) is 5. The number of allylic oxidation sites excluding steroid dienone is 2. The van der Waals surface area contributed by atoms with E-state index in [2.05, 4.69) is 11.0 Å². The third-order valence-corrected chi connectivity index (χ3v) is 6.29. The van der Waals surface area contributed by atoms with Crippen molar-refractivity contribution in [3.05, 3.63) is 94.2 Å². The van der Waals surface area contributed by atoms with Gasteiger partial charge in [-0.2, -0.15) is 15.8 Å². The lowest BCUT2D eigenvalue weighted by atomic mass is 9.58. The molecule has 2 aromatic rings. The lowest BCUT2D eigenvalue weighted by Gasteiger charge is -2.45. The van der Waals surface area contributed by atoms with Crippen LogP contribution in [0.15, 0.2) is 71.5 Å². The fourth-order valence-electron chi connectivity index (χ4n) is 4.79. The van der Waals surface area contributed by atoms with Crippen LogP contribution in [0.3, 0.4) is 0 Å². The second-order valence-electron chi connectivity index (χ2n) is 8.03. The van der Waals surface area contributed by atoms with Gasteiger partial charge < -0.3 is 5.73 Å². The number of benzene rings is 2. The maximum absolute atomic E-state index is 14.2. The highest BCUT2D eigenvalue weighted by molar-refractivity contribution is 5.59. The molecule has 7 heteroatoms. The minimum absolute atomic E-state index is 0.122. The summed E-state index contributed by atoms with van der Waals surface area (Å²) >= 11 is 0. The van der Waals surface area contributed by atoms with Crippen LogP contribution in [0.25, 0.3) is 0 Å². The van der Waals surface area contributed by atoms with Gasteiger partial charge in [-0.1, -0.05) is 42.5 Å². The Morgan fingerprint density at radius 3 is 2.38 bits per heavy atom. The van der Waals surface area contributed by atoms with E-state index in [4.69, 9.17) is 5.73 Å². The first kappa shape index (κ1) is 21.2. The quantitative estimate of drug-likeness (QED) is 0.801. The average Bonchev–Trinajstić information content (AvgIpc) is 2.81. The van der Waals surface area contributed by atoms with Crippen LogP contribution >= 0.6 is 0 Å². The van der Waals surface area contributed by atoms with Crippen LogP contribution in [0.2, 0.25) is 0 Å². The fourth-order valence-corrected chi connectivity index (χ4v) is 4.79. The van der Waals surface area contributed by atoms with Gasteiger partial charge in [0.05, 0.1) is 23.4 Å². The zero-order chi connectivity index (χ0) is 22.9. The van der Waals surface area contributed by atoms with Crippen molar-refractivity contribution < 1.29 is 8.78 Å². The van der Waals surface area contributed by atoms with E-state index in [0.29, 0.717) is 30.8 Å². The molecule has 1 aliphatic heterocycles. The summed E-state index contributed by atoms with van der Waals surface area (Å²) in [4.78, 5) is 2.13. The summed E-state index contributed by atoms with van der Waals surface area (Å²) in [5, 5.41) is 29.9. The smallest absolute Gasteiger partial charge is 0.191 e. The molecule has 0 spiro atoms. The topological polar surface area (TPSA) is 101 Å². The zero-order valence-electron chi connectivity index (χ0n) is 17.1. The average molecular weight is 427 g/mol. The van der Waals surface area contributed by atoms with Crippen LogP contribution in [-0.2, 0) is 6.54 Å². The van der Waals surface area contributed by atoms with Crippen molar-refractivity contribution in [1.82, 2.24) is 4.90 Å². The number of halogens is 2. The molecule has 1 aliphatic carbocycles. The van der Waals surface area contributed by atoms with Crippen LogP contribution in [0.1, 0.15) is 17.0 Å². The standard InChI is InChI=1S/C25H19F2N5/c26-21-7-6-17(10-22(21)27)23-20-13-32(12-16-4-2-1-3-5-16)9-8-18(20)19(11-28)24(31)25(23,14-29)15-30/h1-8,10,20,23H,9,12-13,31H2/t20-,23?/m0/s1. The van der Waals surface area contributed by atoms with Gasteiger partial charge in [0.2, 0.25) is 0 Å². The molecule has 0 saturated carbocycles. The Labute approximate surface area is 184 Å². The van der Waals surface area contributed by atoms with E-state index >= 15 is 0 Å². The van der Waals surface area contributed by atoms with Crippen molar-refractivity contribution in [2.24, 2.45) is 17.1 Å². The second-order valence-corrected chi connectivity index (χ2v) is 8.03. The summed E-state index contributed by atoms with van der Waals surface area (Å²) < 4.78 is 27.8. The molecule has 158 valence electrons. The maximum atomic E-state index is 14.2. The van der Waals surface area contributed by atoms with Crippen molar-refractivity contribution in [3.63, 3.8) is 0 Å². The molecule has 0 amide bonds. The minimum Gasteiger partial charge on any atom is -0.399 e. The highest BCUT2D eigenvalue weighted by Gasteiger charge is 2.54. The highest BCUT2D eigenvalue weighted by atomic mass is 19.2. The van der Waals surface area contributed by atoms with Gasteiger partial charge in [-0.3, -0.25) is 4.90 Å². The Balaban J connectivity index is 1.86. The molecule has 0 saturated heterocycles. The molecule has 0 radical (unpaired) electrons. The van der Waals surface area contributed by atoms with Crippen molar-refractivity contribution in [1.29, 1.82) is 15.8 Å². The molecule has 0 fully saturated rings. The lowest BCUT2D eigenvalue weighted by Crippen LogP contribution is -2.47. The number of nitrogens with two attached hydrogens (primary N) is 1. The van der Waals surface area contributed by atoms with Crippen LogP contribution in [0, 0.1) is 57.0 Å². The molecular formula is C25H19F2N5. The van der Waals surface area contributed by atoms with E-state index in [-0.39, 0.29) is 11.3 Å². The molecule has 0 bridgehead atoms. The molecule has 0 aromatic heterocycles. The first-order chi connectivity index (χ1) is 15.4. The van der Waals surface area contributed by atoms with E-state index in [1.54, 1.807) is 0 Å². The van der Waals surface area contributed by atoms with Crippen LogP contribution in [0.5, 0.6) is 0 Å². The molecule has 2 aromatic carbocycles. The van der Waals surface area contributed by atoms with E-state index in [1.165, 1.54) is 6.07 Å². The summed E-state index contributed by atoms with van der Waals surface area (Å²) in [7, 11) is 0. The zero-order valence-corrected chi connectivity index (χ0v) is 17.1. The second kappa shape index (κ2) is 8.27. The summed E-state index contributed by atoms with van der Waals surface area (Å²) in [6, 6.07) is 19.3. The Morgan fingerprint density at radius 2 is 1.75 bits per heavy atom. The summed E-state index contributed by atoms with van der Waals surface area (Å²) in [5.41, 5.74) is 6.37. The van der Waals surface area contributed by atoms with Gasteiger partial charge in [-0.15, -0.1) is 0 Å². The first-order valence-corrected chi connectivity index (χ1v) is 10.1. The van der Waals surface area contributed by atoms with Crippen molar-refractivity contribution >= 4 is 0 Å². The summed E-state index contributed by atoms with van der Waals surface area (Å²) in [6.45, 7) is 1.60. The number of nitrogens with zero attached hydrogens (tertiary/aromatic N) is 4. The molecule has 2 N–H and O–H groups in total. The predicted octanol–water partition coefficient (Wildman–Crippen LogP) is 3.89. The fraction of sp³-hybridized carbons (Fsp3) is 0.240. The van der Waals surface area contributed by atoms with Crippen molar-refractivity contribution in [2.75, 3.05) is 13.1 Å². The monoisotopic (exact) mass is 427 g/mol. The third kappa shape index (κ3) is 3.32. The van der Waals surface area contributed by atoms with E-state index in [0.717, 1.165) is 17.7 Å². The number of rotatable bonds is 3. The Hall–Kier alpha value is -3.99. The van der Waals surface area contributed by atoms with Gasteiger partial charge in [0.1, 0.15) is 6.07 Å². The van der Waals surface area contributed by atoms with Crippen molar-refractivity contribution in [2.45, 2.75) is 12.5 Å². The van der Waals surface area contributed by atoms with Crippen LogP contribution in [0.4, 0.5) is 8.78 Å². The SMILES string of the molecule is N#CC1=C(N)C(C#N)(C#N)C(c2ccc(F)c(F)c2)[C@H]2CN(Cc3ccccc3)CC=C12. The van der Waals surface area contributed by atoms with Crippen LogP contribution in [-0.4, -0.2) is 18.0 Å². The molecule has 32 heavy (non-hydrogen) atoms. The Morgan fingerprint density at radius 1 is 1.03 bits per heavy atom. The van der Waals surface area contributed by atoms with E-state index in [9.17, 15) is 24.6 Å². The van der Waals surface area contributed by atoms with Gasteiger partial charge in [-0.05, 0) is 28.8 Å². The molecular weight excluding hydrogens is 408 g/mol. The van der Waals surface area contributed by atoms with Gasteiger partial charge in [-0.25, -0.2) is 8.78 Å². The summed E-state index contributed by atoms with van der Waals surface area (Å²) in [5.74, 6) is -3.42. The van der Waals surface area contributed by atoms with Gasteiger partial charge in [0, 0.05) is 31.5 Å². The first-order valence-electron chi connectivity index (χ1n) is 10.1. The van der Waals surface area contributed by atoms with Gasteiger partial charge in [0.25, 0.3) is 0 Å². The molecule has 2 aliphatic rings. The highest BCUT2D eigenvalue weighted by Crippen LogP contribution is 2.54. The summed E-state index contributed by atoms with van der Waals surface area (Å²) in [6.07, 6.45) is 1.88. The lowest BCUT2D eigenvalue weighted by molar-refractivity contribution is 0.201. The van der Waals surface area contributed by atoms with E-state index < -0.39 is 28.9 Å². The number of fused-ring (bicyclic) bond motifs is 1. The minimum atomic E-state index is -1.88. The Bertz CT molecular complexity index is 1230. The van der Waals surface area contributed by atoms with E-state index in [1.807, 2.05) is 48.5 Å². The molecule has 1 heterocycles. The predicted molar refractivity (Wildman–Crippen MR) is 113 cm³/mol. The molecule has 4 rings (SSSR count). The Kier molecular flexibility index (Phi) is 5.49. The number of nitriles is 3.